The largest absolute Gasteiger partial charge is 0.392 e. The van der Waals surface area contributed by atoms with Gasteiger partial charge in [0.1, 0.15) is 5.82 Å². The van der Waals surface area contributed by atoms with E-state index in [0.717, 1.165) is 26.9 Å². The predicted molar refractivity (Wildman–Crippen MR) is 57.1 cm³/mol. The van der Waals surface area contributed by atoms with Crippen molar-refractivity contribution in [2.45, 2.75) is 20.0 Å². The number of aliphatic hydroxyl groups is 1. The number of aryl methyl sites for hydroxylation is 1. The second-order valence-corrected chi connectivity index (χ2v) is 4.29. The first kappa shape index (κ1) is 9.62. The molecule has 0 aliphatic heterocycles. The molecule has 0 aliphatic carbocycles. The van der Waals surface area contributed by atoms with Crippen LogP contribution in [0.15, 0.2) is 18.2 Å². The number of aliphatic hydroxyl groups excluding tert-OH is 1. The van der Waals surface area contributed by atoms with Crippen LogP contribution in [0.1, 0.15) is 17.4 Å². The summed E-state index contributed by atoms with van der Waals surface area (Å²) in [5.74, 6) is -0.217. The van der Waals surface area contributed by atoms with Gasteiger partial charge in [0.25, 0.3) is 0 Å². The van der Waals surface area contributed by atoms with Gasteiger partial charge in [0.05, 0.1) is 6.61 Å². The Morgan fingerprint density at radius 2 is 2.21 bits per heavy atom. The van der Waals surface area contributed by atoms with E-state index < -0.39 is 0 Å². The van der Waals surface area contributed by atoms with Gasteiger partial charge in [-0.05, 0) is 29.5 Å². The first-order valence-corrected chi connectivity index (χ1v) is 5.38. The van der Waals surface area contributed by atoms with E-state index in [1.807, 2.05) is 6.92 Å². The average molecular weight is 210 g/mol. The van der Waals surface area contributed by atoms with Crippen molar-refractivity contribution in [2.24, 2.45) is 0 Å². The minimum absolute atomic E-state index is 0.0365. The lowest BCUT2D eigenvalue weighted by Gasteiger charge is -1.96. The molecule has 0 atom stereocenters. The molecule has 1 N–H and O–H groups in total. The molecular weight excluding hydrogens is 199 g/mol. The lowest BCUT2D eigenvalue weighted by Crippen LogP contribution is -1.85. The predicted octanol–water partition coefficient (Wildman–Crippen LogP) is 3.10. The Bertz CT molecular complexity index is 462. The molecule has 0 unspecified atom stereocenters. The van der Waals surface area contributed by atoms with Crippen molar-refractivity contribution in [1.29, 1.82) is 0 Å². The highest BCUT2D eigenvalue weighted by atomic mass is 32.1. The molecule has 0 spiro atoms. The third kappa shape index (κ3) is 1.42. The van der Waals surface area contributed by atoms with Gasteiger partial charge in [-0.1, -0.05) is 13.0 Å². The molecule has 1 nitrogen and oxygen atoms in total. The highest BCUT2D eigenvalue weighted by Gasteiger charge is 2.09. The van der Waals surface area contributed by atoms with Crippen LogP contribution in [0, 0.1) is 5.82 Å². The van der Waals surface area contributed by atoms with Crippen LogP contribution >= 0.6 is 11.3 Å². The molecule has 0 saturated carbocycles. The topological polar surface area (TPSA) is 20.2 Å². The molecule has 2 rings (SSSR count). The summed E-state index contributed by atoms with van der Waals surface area (Å²) in [4.78, 5) is 1.15. The molecule has 3 heteroatoms. The van der Waals surface area contributed by atoms with Crippen molar-refractivity contribution >= 4 is 21.4 Å². The third-order valence-electron chi connectivity index (χ3n) is 2.32. The van der Waals surface area contributed by atoms with Crippen LogP contribution in [0.2, 0.25) is 0 Å². The number of rotatable bonds is 2. The van der Waals surface area contributed by atoms with Gasteiger partial charge in [-0.2, -0.15) is 0 Å². The van der Waals surface area contributed by atoms with Crippen molar-refractivity contribution in [3.8, 4) is 0 Å². The summed E-state index contributed by atoms with van der Waals surface area (Å²) in [7, 11) is 0. The Morgan fingerprint density at radius 1 is 1.43 bits per heavy atom. The summed E-state index contributed by atoms with van der Waals surface area (Å²) in [6.45, 7) is 2.08. The van der Waals surface area contributed by atoms with Gasteiger partial charge in [0.2, 0.25) is 0 Å². The highest BCUT2D eigenvalue weighted by Crippen LogP contribution is 2.32. The van der Waals surface area contributed by atoms with Crippen molar-refractivity contribution in [1.82, 2.24) is 0 Å². The van der Waals surface area contributed by atoms with Crippen molar-refractivity contribution in [2.75, 3.05) is 0 Å². The second-order valence-electron chi connectivity index (χ2n) is 3.16. The number of hydrogen-bond acceptors (Lipinski definition) is 2. The molecule has 1 heterocycles. The number of hydrogen-bond donors (Lipinski definition) is 1. The van der Waals surface area contributed by atoms with E-state index in [9.17, 15) is 9.50 Å². The fourth-order valence-corrected chi connectivity index (χ4v) is 2.81. The van der Waals surface area contributed by atoms with E-state index in [4.69, 9.17) is 0 Å². The zero-order valence-corrected chi connectivity index (χ0v) is 8.70. The normalized spacial score (nSPS) is 11.1. The van der Waals surface area contributed by atoms with Gasteiger partial charge in [0, 0.05) is 9.58 Å². The molecule has 1 aromatic heterocycles. The van der Waals surface area contributed by atoms with Crippen LogP contribution in [-0.2, 0) is 13.0 Å². The summed E-state index contributed by atoms with van der Waals surface area (Å²) in [6.07, 6.45) is 0.886. The van der Waals surface area contributed by atoms with Gasteiger partial charge in [-0.15, -0.1) is 11.3 Å². The van der Waals surface area contributed by atoms with E-state index in [-0.39, 0.29) is 12.4 Å². The molecule has 0 aliphatic rings. The monoisotopic (exact) mass is 210 g/mol. The fraction of sp³-hybridized carbons (Fsp3) is 0.273. The van der Waals surface area contributed by atoms with Crippen molar-refractivity contribution in [3.63, 3.8) is 0 Å². The average Bonchev–Trinajstić information content (AvgIpc) is 2.54. The van der Waals surface area contributed by atoms with Crippen molar-refractivity contribution in [3.05, 3.63) is 34.5 Å². The van der Waals surface area contributed by atoms with Crippen LogP contribution in [0.3, 0.4) is 0 Å². The van der Waals surface area contributed by atoms with Crippen LogP contribution in [0.5, 0.6) is 0 Å². The Labute approximate surface area is 85.8 Å². The molecule has 74 valence electrons. The van der Waals surface area contributed by atoms with Crippen LogP contribution < -0.4 is 0 Å². The smallest absolute Gasteiger partial charge is 0.124 e. The van der Waals surface area contributed by atoms with E-state index in [2.05, 4.69) is 0 Å². The Morgan fingerprint density at radius 3 is 2.86 bits per heavy atom. The second kappa shape index (κ2) is 3.67. The first-order valence-electron chi connectivity index (χ1n) is 4.57. The molecule has 0 radical (unpaired) electrons. The molecule has 14 heavy (non-hydrogen) atoms. The lowest BCUT2D eigenvalue weighted by atomic mass is 10.1. The van der Waals surface area contributed by atoms with E-state index in [1.54, 1.807) is 17.4 Å². The van der Waals surface area contributed by atoms with Gasteiger partial charge < -0.3 is 5.11 Å². The molecule has 0 saturated heterocycles. The minimum Gasteiger partial charge on any atom is -0.392 e. The summed E-state index contributed by atoms with van der Waals surface area (Å²) < 4.78 is 13.9. The Hall–Kier alpha value is -0.930. The SMILES string of the molecule is CCc1sc2cc(F)ccc2c1CO. The van der Waals surface area contributed by atoms with Gasteiger partial charge in [-0.3, -0.25) is 0 Å². The quantitative estimate of drug-likeness (QED) is 0.807. The van der Waals surface area contributed by atoms with Crippen molar-refractivity contribution < 1.29 is 9.50 Å². The van der Waals surface area contributed by atoms with Gasteiger partial charge in [0.15, 0.2) is 0 Å². The highest BCUT2D eigenvalue weighted by molar-refractivity contribution is 7.19. The molecular formula is C11H11FOS. The van der Waals surface area contributed by atoms with Crippen LogP contribution in [0.4, 0.5) is 4.39 Å². The van der Waals surface area contributed by atoms with Crippen LogP contribution in [0.25, 0.3) is 10.1 Å². The zero-order valence-electron chi connectivity index (χ0n) is 7.88. The Balaban J connectivity index is 2.73. The summed E-state index contributed by atoms with van der Waals surface area (Å²) in [5.41, 5.74) is 0.951. The van der Waals surface area contributed by atoms with Crippen LogP contribution in [-0.4, -0.2) is 5.11 Å². The van der Waals surface area contributed by atoms with Gasteiger partial charge in [-0.25, -0.2) is 4.39 Å². The number of thiophene rings is 1. The van der Waals surface area contributed by atoms with Gasteiger partial charge >= 0.3 is 0 Å². The summed E-state index contributed by atoms with van der Waals surface area (Å²) in [6, 6.07) is 4.71. The number of benzene rings is 1. The number of fused-ring (bicyclic) bond motifs is 1. The lowest BCUT2D eigenvalue weighted by molar-refractivity contribution is 0.283. The molecule has 1 aromatic carbocycles. The summed E-state index contributed by atoms with van der Waals surface area (Å²) in [5, 5.41) is 10.2. The van der Waals surface area contributed by atoms with E-state index >= 15 is 0 Å². The minimum atomic E-state index is -0.217. The first-order chi connectivity index (χ1) is 6.76. The molecule has 0 amide bonds. The maximum Gasteiger partial charge on any atom is 0.124 e. The fourth-order valence-electron chi connectivity index (χ4n) is 1.63. The van der Waals surface area contributed by atoms with E-state index in [0.29, 0.717) is 0 Å². The molecule has 2 aromatic rings. The molecule has 0 bridgehead atoms. The molecule has 0 fully saturated rings. The zero-order chi connectivity index (χ0) is 10.1. The Kier molecular flexibility index (Phi) is 2.52. The maximum absolute atomic E-state index is 12.9. The number of halogens is 1. The maximum atomic E-state index is 12.9. The standard InChI is InChI=1S/C11H11FOS/c1-2-10-9(6-13)8-4-3-7(12)5-11(8)14-10/h3-5,13H,2,6H2,1H3. The van der Waals surface area contributed by atoms with E-state index in [1.165, 1.54) is 12.1 Å². The third-order valence-corrected chi connectivity index (χ3v) is 3.66. The summed E-state index contributed by atoms with van der Waals surface area (Å²) >= 11 is 1.56.